The van der Waals surface area contributed by atoms with Crippen LogP contribution in [0.1, 0.15) is 25.3 Å². The van der Waals surface area contributed by atoms with Gasteiger partial charge in [0.15, 0.2) is 0 Å². The summed E-state index contributed by atoms with van der Waals surface area (Å²) in [6.07, 6.45) is 1.19. The molecule has 0 fully saturated rings. The summed E-state index contributed by atoms with van der Waals surface area (Å²) >= 11 is 9.16. The van der Waals surface area contributed by atoms with Gasteiger partial charge < -0.3 is 5.32 Å². The average Bonchev–Trinajstić information content (AvgIpc) is 2.24. The van der Waals surface area contributed by atoms with E-state index in [0.717, 1.165) is 6.42 Å². The Balaban J connectivity index is 3.02. The highest BCUT2D eigenvalue weighted by atomic mass is 79.9. The van der Waals surface area contributed by atoms with E-state index in [9.17, 15) is 4.79 Å². The smallest absolute Gasteiger partial charge is 0.224 e. The molecule has 0 spiro atoms. The predicted molar refractivity (Wildman–Crippen MR) is 67.4 cm³/mol. The third-order valence-electron chi connectivity index (χ3n) is 1.96. The van der Waals surface area contributed by atoms with E-state index in [1.807, 2.05) is 13.0 Å². The van der Waals surface area contributed by atoms with Gasteiger partial charge in [0, 0.05) is 10.9 Å². The topological polar surface area (TPSA) is 52.9 Å². The largest absolute Gasteiger partial charge is 0.325 e. The number of benzene rings is 1. The van der Waals surface area contributed by atoms with E-state index in [2.05, 4.69) is 21.2 Å². The van der Waals surface area contributed by atoms with Crippen LogP contribution in [0.3, 0.4) is 0 Å². The zero-order valence-electron chi connectivity index (χ0n) is 8.68. The van der Waals surface area contributed by atoms with Crippen molar-refractivity contribution in [2.24, 2.45) is 0 Å². The quantitative estimate of drug-likeness (QED) is 0.925. The van der Waals surface area contributed by atoms with Crippen LogP contribution in [0.5, 0.6) is 0 Å². The molecule has 0 aliphatic rings. The van der Waals surface area contributed by atoms with Crippen molar-refractivity contribution in [2.45, 2.75) is 19.8 Å². The number of halogens is 2. The minimum atomic E-state index is -0.114. The minimum absolute atomic E-state index is 0.114. The lowest BCUT2D eigenvalue weighted by Gasteiger charge is -2.08. The lowest BCUT2D eigenvalue weighted by atomic mass is 10.2. The maximum atomic E-state index is 11.4. The molecule has 1 N–H and O–H groups in total. The van der Waals surface area contributed by atoms with Crippen molar-refractivity contribution < 1.29 is 4.79 Å². The Bertz CT molecular complexity index is 454. The normalized spacial score (nSPS) is 9.62. The number of nitrogens with one attached hydrogen (secondary N) is 1. The Morgan fingerprint density at radius 1 is 1.62 bits per heavy atom. The van der Waals surface area contributed by atoms with Gasteiger partial charge in [-0.15, -0.1) is 0 Å². The molecule has 3 nitrogen and oxygen atoms in total. The molecule has 1 aromatic carbocycles. The van der Waals surface area contributed by atoms with Crippen LogP contribution in [0.15, 0.2) is 16.6 Å². The summed E-state index contributed by atoms with van der Waals surface area (Å²) in [5.74, 6) is -0.114. The maximum absolute atomic E-state index is 11.4. The van der Waals surface area contributed by atoms with E-state index in [1.165, 1.54) is 0 Å². The molecule has 0 atom stereocenters. The second-order valence-corrected chi connectivity index (χ2v) is 4.43. The third-order valence-corrected chi connectivity index (χ3v) is 3.24. The van der Waals surface area contributed by atoms with Gasteiger partial charge in [-0.1, -0.05) is 18.5 Å². The zero-order chi connectivity index (χ0) is 12.1. The van der Waals surface area contributed by atoms with Crippen LogP contribution >= 0.6 is 27.5 Å². The molecule has 1 aromatic rings. The molecule has 0 radical (unpaired) electrons. The van der Waals surface area contributed by atoms with Crippen LogP contribution < -0.4 is 5.32 Å². The highest BCUT2D eigenvalue weighted by molar-refractivity contribution is 9.10. The van der Waals surface area contributed by atoms with Crippen LogP contribution in [-0.2, 0) is 4.79 Å². The van der Waals surface area contributed by atoms with Gasteiger partial charge in [0.25, 0.3) is 0 Å². The van der Waals surface area contributed by atoms with Crippen molar-refractivity contribution in [3.05, 3.63) is 27.2 Å². The molecule has 0 saturated heterocycles. The van der Waals surface area contributed by atoms with Crippen LogP contribution in [0.2, 0.25) is 5.02 Å². The van der Waals surface area contributed by atoms with Gasteiger partial charge in [0.05, 0.1) is 16.3 Å². The third kappa shape index (κ3) is 2.97. The van der Waals surface area contributed by atoms with Crippen molar-refractivity contribution in [2.75, 3.05) is 5.32 Å². The monoisotopic (exact) mass is 300 g/mol. The Kier molecular flexibility index (Phi) is 4.78. The molecule has 5 heteroatoms. The van der Waals surface area contributed by atoms with E-state index >= 15 is 0 Å². The number of nitrogens with zero attached hydrogens (tertiary/aromatic N) is 1. The van der Waals surface area contributed by atoms with E-state index < -0.39 is 0 Å². The first-order valence-corrected chi connectivity index (χ1v) is 5.95. The van der Waals surface area contributed by atoms with Crippen molar-refractivity contribution in [1.82, 2.24) is 0 Å². The Morgan fingerprint density at radius 3 is 2.88 bits per heavy atom. The van der Waals surface area contributed by atoms with Gasteiger partial charge >= 0.3 is 0 Å². The predicted octanol–water partition coefficient (Wildman–Crippen LogP) is 3.71. The number of carbonyl (C=O) groups is 1. The van der Waals surface area contributed by atoms with E-state index in [1.54, 1.807) is 12.1 Å². The molecule has 1 rings (SSSR count). The van der Waals surface area contributed by atoms with Gasteiger partial charge in [0.2, 0.25) is 5.91 Å². The van der Waals surface area contributed by atoms with Crippen molar-refractivity contribution in [1.29, 1.82) is 5.26 Å². The van der Waals surface area contributed by atoms with Gasteiger partial charge in [-0.2, -0.15) is 5.26 Å². The molecule has 0 unspecified atom stereocenters. The molecule has 0 bridgehead atoms. The van der Waals surface area contributed by atoms with Gasteiger partial charge in [0.1, 0.15) is 6.07 Å². The molecule has 0 aliphatic carbocycles. The Morgan fingerprint density at radius 2 is 2.31 bits per heavy atom. The second kappa shape index (κ2) is 5.88. The maximum Gasteiger partial charge on any atom is 0.224 e. The zero-order valence-corrected chi connectivity index (χ0v) is 11.0. The first-order chi connectivity index (χ1) is 7.60. The van der Waals surface area contributed by atoms with Gasteiger partial charge in [-0.3, -0.25) is 4.79 Å². The van der Waals surface area contributed by atoms with Crippen LogP contribution in [0, 0.1) is 11.3 Å². The highest BCUT2D eigenvalue weighted by Crippen LogP contribution is 2.31. The number of amides is 1. The average molecular weight is 302 g/mol. The summed E-state index contributed by atoms with van der Waals surface area (Å²) in [6, 6.07) is 5.33. The van der Waals surface area contributed by atoms with Crippen molar-refractivity contribution >= 4 is 39.1 Å². The van der Waals surface area contributed by atoms with Crippen LogP contribution in [-0.4, -0.2) is 5.91 Å². The molecule has 1 amide bonds. The van der Waals surface area contributed by atoms with Crippen molar-refractivity contribution in [3.63, 3.8) is 0 Å². The van der Waals surface area contributed by atoms with Crippen LogP contribution in [0.4, 0.5) is 5.69 Å². The van der Waals surface area contributed by atoms with E-state index in [0.29, 0.717) is 21.6 Å². The fourth-order valence-electron chi connectivity index (χ4n) is 1.20. The summed E-state index contributed by atoms with van der Waals surface area (Å²) in [5.41, 5.74) is 0.731. The van der Waals surface area contributed by atoms with Crippen LogP contribution in [0.25, 0.3) is 0 Å². The second-order valence-electron chi connectivity index (χ2n) is 3.19. The summed E-state index contributed by atoms with van der Waals surface area (Å²) in [4.78, 5) is 11.4. The lowest BCUT2D eigenvalue weighted by Crippen LogP contribution is -2.11. The van der Waals surface area contributed by atoms with E-state index in [4.69, 9.17) is 16.9 Å². The number of carbonyl (C=O) groups excluding carboxylic acids is 1. The fraction of sp³-hybridized carbons (Fsp3) is 0.273. The molecule has 0 heterocycles. The number of nitriles is 1. The number of anilines is 1. The summed E-state index contributed by atoms with van der Waals surface area (Å²) in [6.45, 7) is 1.92. The van der Waals surface area contributed by atoms with Crippen molar-refractivity contribution in [3.8, 4) is 6.07 Å². The SMILES string of the molecule is CCCC(=O)Nc1ccc(Br)c(Cl)c1C#N. The molecule has 16 heavy (non-hydrogen) atoms. The van der Waals surface area contributed by atoms with Gasteiger partial charge in [-0.05, 0) is 34.5 Å². The molecule has 0 aliphatic heterocycles. The lowest BCUT2D eigenvalue weighted by molar-refractivity contribution is -0.116. The Hall–Kier alpha value is -1.05. The number of hydrogen-bond acceptors (Lipinski definition) is 2. The highest BCUT2D eigenvalue weighted by Gasteiger charge is 2.11. The summed E-state index contributed by atoms with van der Waals surface area (Å²) < 4.78 is 0.638. The molecule has 0 aromatic heterocycles. The molecular formula is C11H10BrClN2O. The molecule has 84 valence electrons. The first kappa shape index (κ1) is 13.0. The minimum Gasteiger partial charge on any atom is -0.325 e. The Labute approximate surface area is 108 Å². The number of hydrogen-bond donors (Lipinski definition) is 1. The summed E-state index contributed by atoms with van der Waals surface area (Å²) in [7, 11) is 0. The van der Waals surface area contributed by atoms with E-state index in [-0.39, 0.29) is 11.5 Å². The fourth-order valence-corrected chi connectivity index (χ4v) is 1.74. The van der Waals surface area contributed by atoms with Gasteiger partial charge in [-0.25, -0.2) is 0 Å². The number of rotatable bonds is 3. The molecule has 0 saturated carbocycles. The first-order valence-electron chi connectivity index (χ1n) is 4.78. The molecular weight excluding hydrogens is 291 g/mol. The summed E-state index contributed by atoms with van der Waals surface area (Å²) in [5, 5.41) is 11.9. The standard InChI is InChI=1S/C11H10BrClN2O/c1-2-3-10(16)15-9-5-4-8(12)11(13)7(9)6-14/h4-5H,2-3H2,1H3,(H,15,16).